The first-order valence-electron chi connectivity index (χ1n) is 9.49. The number of nitrogens with one attached hydrogen (secondary N) is 1. The summed E-state index contributed by atoms with van der Waals surface area (Å²) in [5.41, 5.74) is 1.04. The molecule has 1 saturated carbocycles. The van der Waals surface area contributed by atoms with Crippen LogP contribution in [0.25, 0.3) is 0 Å². The number of piperidine rings is 1. The number of amides is 1. The topological polar surface area (TPSA) is 41.6 Å². The number of carbonyl (C=O) groups is 1. The van der Waals surface area contributed by atoms with E-state index in [0.29, 0.717) is 19.1 Å². The monoisotopic (exact) mass is 330 g/mol. The Hall–Kier alpha value is -1.55. The molecule has 1 amide bonds. The molecule has 1 saturated heterocycles. The van der Waals surface area contributed by atoms with Gasteiger partial charge in [-0.25, -0.2) is 0 Å². The zero-order chi connectivity index (χ0) is 16.8. The number of nitrogens with zero attached hydrogens (tertiary/aromatic N) is 1. The molecule has 2 fully saturated rings. The lowest BCUT2D eigenvalue weighted by atomic mass is 10.0. The van der Waals surface area contributed by atoms with E-state index in [4.69, 9.17) is 4.74 Å². The molecule has 0 radical (unpaired) electrons. The minimum atomic E-state index is 0.137. The van der Waals surface area contributed by atoms with Gasteiger partial charge in [0, 0.05) is 25.2 Å². The van der Waals surface area contributed by atoms with Gasteiger partial charge in [0.05, 0.1) is 13.0 Å². The molecule has 4 nitrogen and oxygen atoms in total. The first kappa shape index (κ1) is 17.3. The van der Waals surface area contributed by atoms with Crippen LogP contribution in [0.15, 0.2) is 24.3 Å². The molecule has 1 aromatic rings. The molecule has 4 heteroatoms. The van der Waals surface area contributed by atoms with E-state index in [1.54, 1.807) is 0 Å². The quantitative estimate of drug-likeness (QED) is 0.871. The fourth-order valence-corrected chi connectivity index (χ4v) is 4.01. The molecule has 3 rings (SSSR count). The molecule has 0 spiro atoms. The van der Waals surface area contributed by atoms with Crippen molar-refractivity contribution in [3.8, 4) is 5.75 Å². The fourth-order valence-electron chi connectivity index (χ4n) is 4.01. The van der Waals surface area contributed by atoms with E-state index < -0.39 is 0 Å². The Balaban J connectivity index is 1.40. The van der Waals surface area contributed by atoms with Gasteiger partial charge in [-0.05, 0) is 50.3 Å². The van der Waals surface area contributed by atoms with Crippen LogP contribution >= 0.6 is 0 Å². The lowest BCUT2D eigenvalue weighted by Crippen LogP contribution is -2.47. The van der Waals surface area contributed by atoms with Gasteiger partial charge in [-0.1, -0.05) is 25.0 Å². The maximum Gasteiger partial charge on any atom is 0.224 e. The van der Waals surface area contributed by atoms with Gasteiger partial charge in [0.1, 0.15) is 5.75 Å². The van der Waals surface area contributed by atoms with Crippen LogP contribution in [-0.2, 0) is 11.2 Å². The summed E-state index contributed by atoms with van der Waals surface area (Å²) in [5, 5.41) is 3.22. The lowest BCUT2D eigenvalue weighted by molar-refractivity contribution is -0.121. The molecule has 0 bridgehead atoms. The number of hydrogen-bond acceptors (Lipinski definition) is 3. The molecule has 2 aliphatic rings. The first-order valence-corrected chi connectivity index (χ1v) is 9.49. The lowest BCUT2D eigenvalue weighted by Gasteiger charge is -2.36. The van der Waals surface area contributed by atoms with Crippen molar-refractivity contribution in [2.75, 3.05) is 19.7 Å². The normalized spacial score (nSPS) is 20.2. The van der Waals surface area contributed by atoms with Crippen LogP contribution < -0.4 is 10.1 Å². The van der Waals surface area contributed by atoms with E-state index in [1.807, 2.05) is 31.2 Å². The van der Waals surface area contributed by atoms with Crippen molar-refractivity contribution in [3.63, 3.8) is 0 Å². The van der Waals surface area contributed by atoms with Crippen molar-refractivity contribution in [2.45, 2.75) is 64.0 Å². The summed E-state index contributed by atoms with van der Waals surface area (Å²) >= 11 is 0. The summed E-state index contributed by atoms with van der Waals surface area (Å²) in [6.45, 7) is 4.91. The standard InChI is InChI=1S/C20H30N2O2/c1-2-24-19-9-7-16(8-10-19)15-20(23)21-17-11-13-22(14-12-17)18-5-3-4-6-18/h7-10,17-18H,2-6,11-15H2,1H3,(H,21,23). The number of benzene rings is 1. The highest BCUT2D eigenvalue weighted by atomic mass is 16.5. The van der Waals surface area contributed by atoms with Crippen molar-refractivity contribution < 1.29 is 9.53 Å². The summed E-state index contributed by atoms with van der Waals surface area (Å²) in [6, 6.07) is 8.99. The van der Waals surface area contributed by atoms with E-state index in [1.165, 1.54) is 25.7 Å². The van der Waals surface area contributed by atoms with Crippen LogP contribution in [0.2, 0.25) is 0 Å². The molecule has 0 unspecified atom stereocenters. The number of likely N-dealkylation sites (tertiary alicyclic amines) is 1. The summed E-state index contributed by atoms with van der Waals surface area (Å²) < 4.78 is 5.43. The van der Waals surface area contributed by atoms with Gasteiger partial charge in [0.2, 0.25) is 5.91 Å². The van der Waals surface area contributed by atoms with Crippen LogP contribution in [0, 0.1) is 0 Å². The van der Waals surface area contributed by atoms with Gasteiger partial charge in [-0.15, -0.1) is 0 Å². The second-order valence-electron chi connectivity index (χ2n) is 7.07. The van der Waals surface area contributed by atoms with Crippen molar-refractivity contribution in [1.29, 1.82) is 0 Å². The maximum atomic E-state index is 12.3. The molecule has 1 aliphatic heterocycles. The average molecular weight is 330 g/mol. The Morgan fingerprint density at radius 2 is 1.79 bits per heavy atom. The first-order chi connectivity index (χ1) is 11.7. The van der Waals surface area contributed by atoms with Crippen LogP contribution in [0.3, 0.4) is 0 Å². The van der Waals surface area contributed by atoms with E-state index in [-0.39, 0.29) is 5.91 Å². The Kier molecular flexibility index (Phi) is 6.13. The van der Waals surface area contributed by atoms with Gasteiger partial charge in [0.25, 0.3) is 0 Å². The van der Waals surface area contributed by atoms with Gasteiger partial charge < -0.3 is 15.0 Å². The van der Waals surface area contributed by atoms with E-state index in [9.17, 15) is 4.79 Å². The van der Waals surface area contributed by atoms with E-state index in [0.717, 1.165) is 43.3 Å². The van der Waals surface area contributed by atoms with Crippen LogP contribution in [0.1, 0.15) is 51.0 Å². The Labute approximate surface area is 145 Å². The molecule has 0 atom stereocenters. The van der Waals surface area contributed by atoms with Gasteiger partial charge in [-0.3, -0.25) is 4.79 Å². The highest BCUT2D eigenvalue weighted by Crippen LogP contribution is 2.26. The molecular formula is C20H30N2O2. The minimum Gasteiger partial charge on any atom is -0.494 e. The van der Waals surface area contributed by atoms with Gasteiger partial charge >= 0.3 is 0 Å². The van der Waals surface area contributed by atoms with Crippen molar-refractivity contribution in [1.82, 2.24) is 10.2 Å². The summed E-state index contributed by atoms with van der Waals surface area (Å²) in [4.78, 5) is 14.9. The molecule has 1 aliphatic carbocycles. The summed E-state index contributed by atoms with van der Waals surface area (Å²) in [6.07, 6.45) is 8.16. The minimum absolute atomic E-state index is 0.137. The summed E-state index contributed by atoms with van der Waals surface area (Å²) in [5.74, 6) is 0.999. The number of carbonyl (C=O) groups excluding carboxylic acids is 1. The second kappa shape index (κ2) is 8.52. The van der Waals surface area contributed by atoms with Crippen LogP contribution in [0.5, 0.6) is 5.75 Å². The van der Waals surface area contributed by atoms with Crippen molar-refractivity contribution in [2.24, 2.45) is 0 Å². The van der Waals surface area contributed by atoms with Gasteiger partial charge in [0.15, 0.2) is 0 Å². The zero-order valence-corrected chi connectivity index (χ0v) is 14.8. The van der Waals surface area contributed by atoms with Crippen molar-refractivity contribution >= 4 is 5.91 Å². The predicted molar refractivity (Wildman–Crippen MR) is 96.3 cm³/mol. The molecule has 1 heterocycles. The number of hydrogen-bond donors (Lipinski definition) is 1. The smallest absolute Gasteiger partial charge is 0.224 e. The molecule has 1 N–H and O–H groups in total. The predicted octanol–water partition coefficient (Wildman–Crippen LogP) is 3.15. The largest absolute Gasteiger partial charge is 0.494 e. The van der Waals surface area contributed by atoms with Gasteiger partial charge in [-0.2, -0.15) is 0 Å². The SMILES string of the molecule is CCOc1ccc(CC(=O)NC2CCN(C3CCCC3)CC2)cc1. The third-order valence-electron chi connectivity index (χ3n) is 5.33. The Bertz CT molecular complexity index is 515. The fraction of sp³-hybridized carbons (Fsp3) is 0.650. The third kappa shape index (κ3) is 4.73. The molecule has 0 aromatic heterocycles. The number of rotatable bonds is 6. The van der Waals surface area contributed by atoms with E-state index >= 15 is 0 Å². The third-order valence-corrected chi connectivity index (χ3v) is 5.33. The second-order valence-corrected chi connectivity index (χ2v) is 7.07. The van der Waals surface area contributed by atoms with Crippen LogP contribution in [0.4, 0.5) is 0 Å². The average Bonchev–Trinajstić information content (AvgIpc) is 3.12. The van der Waals surface area contributed by atoms with E-state index in [2.05, 4.69) is 10.2 Å². The Morgan fingerprint density at radius 3 is 2.42 bits per heavy atom. The summed E-state index contributed by atoms with van der Waals surface area (Å²) in [7, 11) is 0. The molecule has 24 heavy (non-hydrogen) atoms. The molecule has 132 valence electrons. The number of ether oxygens (including phenoxy) is 1. The zero-order valence-electron chi connectivity index (χ0n) is 14.8. The Morgan fingerprint density at radius 1 is 1.12 bits per heavy atom. The highest BCUT2D eigenvalue weighted by Gasteiger charge is 2.27. The maximum absolute atomic E-state index is 12.3. The van der Waals surface area contributed by atoms with Crippen molar-refractivity contribution in [3.05, 3.63) is 29.8 Å². The highest BCUT2D eigenvalue weighted by molar-refractivity contribution is 5.78. The molecule has 1 aromatic carbocycles. The molecular weight excluding hydrogens is 300 g/mol. The van der Waals surface area contributed by atoms with Crippen LogP contribution in [-0.4, -0.2) is 42.6 Å².